The normalized spacial score (nSPS) is 5.00. The first-order chi connectivity index (χ1) is 1.91. The minimum Gasteiger partial charge on any atom is -0.303 e. The van der Waals surface area contributed by atoms with Gasteiger partial charge in [-0.1, -0.05) is 6.92 Å². The summed E-state index contributed by atoms with van der Waals surface area (Å²) in [5.41, 5.74) is 0. The van der Waals surface area contributed by atoms with Crippen LogP contribution in [0.25, 0.3) is 0 Å². The molecule has 0 aromatic heterocycles. The van der Waals surface area contributed by atoms with E-state index in [-0.39, 0.29) is 17.1 Å². The molecule has 1 nitrogen and oxygen atoms in total. The molecular formula is C3H6CuO. The molecule has 0 spiro atoms. The minimum absolute atomic E-state index is 0. The van der Waals surface area contributed by atoms with E-state index < -0.39 is 0 Å². The summed E-state index contributed by atoms with van der Waals surface area (Å²) in [5.74, 6) is 0. The number of carbonyl (C=O) groups excluding carboxylic acids is 1. The van der Waals surface area contributed by atoms with E-state index in [0.29, 0.717) is 6.42 Å². The van der Waals surface area contributed by atoms with Gasteiger partial charge in [-0.25, -0.2) is 0 Å². The van der Waals surface area contributed by atoms with Gasteiger partial charge in [-0.05, 0) is 0 Å². The predicted octanol–water partition coefficient (Wildman–Crippen LogP) is 0.593. The van der Waals surface area contributed by atoms with E-state index in [2.05, 4.69) is 0 Å². The van der Waals surface area contributed by atoms with Crippen LogP contribution >= 0.6 is 0 Å². The van der Waals surface area contributed by atoms with Crippen LogP contribution < -0.4 is 0 Å². The second kappa shape index (κ2) is 8.89. The Bertz CT molecular complexity index is 20.9. The van der Waals surface area contributed by atoms with Crippen LogP contribution in [0.15, 0.2) is 0 Å². The Labute approximate surface area is 42.2 Å². The molecule has 0 aliphatic carbocycles. The molecule has 0 aromatic carbocycles. The Morgan fingerprint density at radius 1 is 1.80 bits per heavy atom. The van der Waals surface area contributed by atoms with Crippen molar-refractivity contribution in [2.24, 2.45) is 0 Å². The minimum atomic E-state index is 0. The topological polar surface area (TPSA) is 17.1 Å². The van der Waals surface area contributed by atoms with E-state index in [1.165, 1.54) is 0 Å². The van der Waals surface area contributed by atoms with E-state index in [0.717, 1.165) is 6.29 Å². The molecule has 0 saturated heterocycles. The summed E-state index contributed by atoms with van der Waals surface area (Å²) in [6, 6.07) is 0. The summed E-state index contributed by atoms with van der Waals surface area (Å²) in [6.45, 7) is 1.81. The van der Waals surface area contributed by atoms with Crippen molar-refractivity contribution in [3.8, 4) is 0 Å². The molecule has 0 N–H and O–H groups in total. The zero-order chi connectivity index (χ0) is 3.41. The molecule has 35 valence electrons. The molecule has 0 aliphatic rings. The van der Waals surface area contributed by atoms with Crippen LogP contribution in [0.1, 0.15) is 13.3 Å². The summed E-state index contributed by atoms with van der Waals surface area (Å²) in [4.78, 5) is 9.17. The molecule has 0 aromatic rings. The van der Waals surface area contributed by atoms with Crippen molar-refractivity contribution < 1.29 is 21.9 Å². The maximum Gasteiger partial charge on any atom is 0.119 e. The smallest absolute Gasteiger partial charge is 0.119 e. The maximum absolute atomic E-state index is 9.17. The van der Waals surface area contributed by atoms with Gasteiger partial charge in [-0.3, -0.25) is 0 Å². The molecule has 0 bridgehead atoms. The van der Waals surface area contributed by atoms with Crippen LogP contribution in [-0.2, 0) is 21.9 Å². The molecule has 0 saturated carbocycles. The van der Waals surface area contributed by atoms with Crippen molar-refractivity contribution >= 4 is 6.29 Å². The molecule has 0 fully saturated rings. The molecule has 0 rings (SSSR count). The SMILES string of the molecule is CCC=O.[Cu]. The van der Waals surface area contributed by atoms with Crippen LogP contribution in [0.3, 0.4) is 0 Å². The number of rotatable bonds is 1. The maximum atomic E-state index is 9.17. The summed E-state index contributed by atoms with van der Waals surface area (Å²) in [6.07, 6.45) is 1.51. The molecule has 0 heterocycles. The largest absolute Gasteiger partial charge is 0.303 e. The fourth-order valence-electron chi connectivity index (χ4n) is 0. The molecule has 0 atom stereocenters. The average molecular weight is 122 g/mol. The van der Waals surface area contributed by atoms with Gasteiger partial charge in [0, 0.05) is 23.5 Å². The van der Waals surface area contributed by atoms with Crippen LogP contribution in [0, 0.1) is 0 Å². The van der Waals surface area contributed by atoms with Gasteiger partial charge in [0.2, 0.25) is 0 Å². The third-order valence-electron chi connectivity index (χ3n) is 0.167. The summed E-state index contributed by atoms with van der Waals surface area (Å²) in [7, 11) is 0. The Morgan fingerprint density at radius 2 is 2.00 bits per heavy atom. The summed E-state index contributed by atoms with van der Waals surface area (Å²) in [5, 5.41) is 0. The van der Waals surface area contributed by atoms with Gasteiger partial charge in [0.25, 0.3) is 0 Å². The second-order valence-corrected chi connectivity index (χ2v) is 0.575. The van der Waals surface area contributed by atoms with Crippen molar-refractivity contribution in [1.82, 2.24) is 0 Å². The standard InChI is InChI=1S/C3H6O.Cu/c1-2-3-4;/h3H,2H2,1H3;. The van der Waals surface area contributed by atoms with Gasteiger partial charge in [-0.2, -0.15) is 0 Å². The van der Waals surface area contributed by atoms with Crippen molar-refractivity contribution in [2.75, 3.05) is 0 Å². The quantitative estimate of drug-likeness (QED) is 0.367. The van der Waals surface area contributed by atoms with Gasteiger partial charge >= 0.3 is 0 Å². The fourth-order valence-corrected chi connectivity index (χ4v) is 0. The van der Waals surface area contributed by atoms with Crippen molar-refractivity contribution in [1.29, 1.82) is 0 Å². The third kappa shape index (κ3) is 14.2. The van der Waals surface area contributed by atoms with E-state index in [9.17, 15) is 4.79 Å². The Morgan fingerprint density at radius 3 is 2.00 bits per heavy atom. The van der Waals surface area contributed by atoms with Gasteiger partial charge in [-0.15, -0.1) is 0 Å². The Hall–Kier alpha value is 0.189. The molecule has 0 unspecified atom stereocenters. The second-order valence-electron chi connectivity index (χ2n) is 0.575. The first-order valence-corrected chi connectivity index (χ1v) is 1.35. The van der Waals surface area contributed by atoms with Crippen LogP contribution in [0.4, 0.5) is 0 Å². The Kier molecular flexibility index (Phi) is 15.9. The van der Waals surface area contributed by atoms with Crippen LogP contribution in [-0.4, -0.2) is 6.29 Å². The van der Waals surface area contributed by atoms with Gasteiger partial charge in [0.05, 0.1) is 0 Å². The van der Waals surface area contributed by atoms with Gasteiger partial charge < -0.3 is 4.79 Å². The van der Waals surface area contributed by atoms with E-state index in [4.69, 9.17) is 0 Å². The average Bonchev–Trinajstić information content (AvgIpc) is 1.37. The van der Waals surface area contributed by atoms with E-state index >= 15 is 0 Å². The molecule has 0 aliphatic heterocycles. The van der Waals surface area contributed by atoms with Gasteiger partial charge in [0.15, 0.2) is 0 Å². The predicted molar refractivity (Wildman–Crippen MR) is 16.4 cm³/mol. The monoisotopic (exact) mass is 121 g/mol. The number of hydrogen-bond donors (Lipinski definition) is 0. The number of hydrogen-bond acceptors (Lipinski definition) is 1. The zero-order valence-corrected chi connectivity index (χ0v) is 3.94. The fraction of sp³-hybridized carbons (Fsp3) is 0.667. The first-order valence-electron chi connectivity index (χ1n) is 1.35. The van der Waals surface area contributed by atoms with Gasteiger partial charge in [0.1, 0.15) is 6.29 Å². The Balaban J connectivity index is 0. The first kappa shape index (κ1) is 8.95. The zero-order valence-electron chi connectivity index (χ0n) is 2.99. The summed E-state index contributed by atoms with van der Waals surface area (Å²) < 4.78 is 0. The van der Waals surface area contributed by atoms with E-state index in [1.807, 2.05) is 6.92 Å². The number of carbonyl (C=O) groups is 1. The van der Waals surface area contributed by atoms with Crippen molar-refractivity contribution in [3.63, 3.8) is 0 Å². The van der Waals surface area contributed by atoms with Crippen LogP contribution in [0.5, 0.6) is 0 Å². The van der Waals surface area contributed by atoms with Crippen molar-refractivity contribution in [2.45, 2.75) is 13.3 Å². The molecule has 1 radical (unpaired) electrons. The number of aldehydes is 1. The summed E-state index contributed by atoms with van der Waals surface area (Å²) >= 11 is 0. The molecule has 0 amide bonds. The molecule has 5 heavy (non-hydrogen) atoms. The van der Waals surface area contributed by atoms with Crippen LogP contribution in [0.2, 0.25) is 0 Å². The third-order valence-corrected chi connectivity index (χ3v) is 0.167. The van der Waals surface area contributed by atoms with E-state index in [1.54, 1.807) is 0 Å². The van der Waals surface area contributed by atoms with Crippen molar-refractivity contribution in [3.05, 3.63) is 0 Å². The molecular weight excluding hydrogens is 116 g/mol. The molecule has 2 heteroatoms.